The van der Waals surface area contributed by atoms with Crippen LogP contribution in [-0.2, 0) is 0 Å². The van der Waals surface area contributed by atoms with Crippen molar-refractivity contribution in [1.29, 1.82) is 0 Å². The van der Waals surface area contributed by atoms with Crippen molar-refractivity contribution in [1.82, 2.24) is 0 Å². The molecule has 0 aliphatic carbocycles. The largest absolute Gasteiger partial charge is 0.488 e. The minimum Gasteiger partial charge on any atom is -0.488 e. The Bertz CT molecular complexity index is 631. The van der Waals surface area contributed by atoms with E-state index in [-0.39, 0.29) is 6.10 Å². The van der Waals surface area contributed by atoms with Crippen LogP contribution >= 0.6 is 0 Å². The molecule has 0 fully saturated rings. The Balaban J connectivity index is 1.94. The van der Waals surface area contributed by atoms with Gasteiger partial charge in [-0.2, -0.15) is 0 Å². The molecule has 21 heavy (non-hydrogen) atoms. The van der Waals surface area contributed by atoms with Crippen molar-refractivity contribution >= 4 is 22.7 Å². The van der Waals surface area contributed by atoms with Gasteiger partial charge in [-0.05, 0) is 43.3 Å². The third-order valence-electron chi connectivity index (χ3n) is 2.87. The summed E-state index contributed by atoms with van der Waals surface area (Å²) < 4.78 is 11.3. The highest BCUT2D eigenvalue weighted by atomic mass is 16.5. The first-order valence-corrected chi connectivity index (χ1v) is 6.55. The van der Waals surface area contributed by atoms with Crippen LogP contribution in [0, 0.1) is 0 Å². The molecule has 0 radical (unpaired) electrons. The minimum atomic E-state index is -0.201. The van der Waals surface area contributed by atoms with Crippen LogP contribution in [-0.4, -0.2) is 12.7 Å². The van der Waals surface area contributed by atoms with Gasteiger partial charge in [0, 0.05) is 11.4 Å². The Morgan fingerprint density at radius 2 is 1.38 bits per heavy atom. The molecule has 0 saturated heterocycles. The fraction of sp³-hybridized carbons (Fsp3) is 0.200. The van der Waals surface area contributed by atoms with Gasteiger partial charge in [0.2, 0.25) is 0 Å². The maximum absolute atomic E-state index is 5.84. The number of hydrogen-bond donors (Lipinski definition) is 4. The fourth-order valence-electron chi connectivity index (χ4n) is 1.83. The monoisotopic (exact) mass is 288 g/mol. The highest BCUT2D eigenvalue weighted by molar-refractivity contribution is 5.61. The first kappa shape index (κ1) is 14.6. The van der Waals surface area contributed by atoms with Gasteiger partial charge >= 0.3 is 0 Å². The van der Waals surface area contributed by atoms with Gasteiger partial charge in [0.1, 0.15) is 24.2 Å². The summed E-state index contributed by atoms with van der Waals surface area (Å²) in [7, 11) is 0. The average molecular weight is 288 g/mol. The molecule has 0 amide bonds. The highest BCUT2D eigenvalue weighted by Crippen LogP contribution is 2.26. The van der Waals surface area contributed by atoms with Crippen LogP contribution < -0.4 is 32.4 Å². The molecule has 1 unspecified atom stereocenters. The van der Waals surface area contributed by atoms with Crippen molar-refractivity contribution in [2.45, 2.75) is 13.0 Å². The molecular weight excluding hydrogens is 268 g/mol. The molecule has 1 atom stereocenters. The van der Waals surface area contributed by atoms with Gasteiger partial charge < -0.3 is 32.4 Å². The first-order valence-electron chi connectivity index (χ1n) is 6.55. The zero-order chi connectivity index (χ0) is 15.4. The van der Waals surface area contributed by atoms with E-state index >= 15 is 0 Å². The number of rotatable bonds is 5. The number of hydrogen-bond acceptors (Lipinski definition) is 6. The topological polar surface area (TPSA) is 123 Å². The van der Waals surface area contributed by atoms with Crippen molar-refractivity contribution in [2.24, 2.45) is 0 Å². The lowest BCUT2D eigenvalue weighted by atomic mass is 10.2. The van der Waals surface area contributed by atoms with E-state index in [4.69, 9.17) is 32.4 Å². The molecule has 0 saturated carbocycles. The summed E-state index contributed by atoms with van der Waals surface area (Å²) >= 11 is 0. The Morgan fingerprint density at radius 1 is 0.857 bits per heavy atom. The number of benzene rings is 2. The van der Waals surface area contributed by atoms with E-state index in [0.29, 0.717) is 40.9 Å². The zero-order valence-electron chi connectivity index (χ0n) is 11.9. The van der Waals surface area contributed by atoms with Crippen LogP contribution in [0.25, 0.3) is 0 Å². The number of nitrogens with two attached hydrogens (primary N) is 4. The van der Waals surface area contributed by atoms with Crippen molar-refractivity contribution in [3.8, 4) is 11.5 Å². The second-order valence-electron chi connectivity index (χ2n) is 4.83. The van der Waals surface area contributed by atoms with Crippen molar-refractivity contribution < 1.29 is 9.47 Å². The van der Waals surface area contributed by atoms with Crippen LogP contribution in [0.15, 0.2) is 36.4 Å². The van der Waals surface area contributed by atoms with Gasteiger partial charge in [0.25, 0.3) is 0 Å². The van der Waals surface area contributed by atoms with Gasteiger partial charge in [-0.15, -0.1) is 0 Å². The molecule has 6 nitrogen and oxygen atoms in total. The molecule has 2 aromatic rings. The van der Waals surface area contributed by atoms with E-state index in [9.17, 15) is 0 Å². The molecule has 8 N–H and O–H groups in total. The summed E-state index contributed by atoms with van der Waals surface area (Å²) in [4.78, 5) is 0. The van der Waals surface area contributed by atoms with Gasteiger partial charge in [-0.1, -0.05) is 0 Å². The molecule has 0 aromatic heterocycles. The smallest absolute Gasteiger partial charge is 0.142 e. The predicted octanol–water partition coefficient (Wildman–Crippen LogP) is 1.86. The van der Waals surface area contributed by atoms with E-state index in [0.717, 1.165) is 0 Å². The maximum Gasteiger partial charge on any atom is 0.142 e. The van der Waals surface area contributed by atoms with Crippen LogP contribution in [0.3, 0.4) is 0 Å². The summed E-state index contributed by atoms with van der Waals surface area (Å²) in [5, 5.41) is 0. The molecule has 0 heterocycles. The molecule has 6 heteroatoms. The number of nitrogen functional groups attached to an aromatic ring is 4. The molecule has 2 rings (SSSR count). The quantitative estimate of drug-likeness (QED) is 0.623. The summed E-state index contributed by atoms with van der Waals surface area (Å²) in [6, 6.07) is 10.2. The molecule has 2 aromatic carbocycles. The third kappa shape index (κ3) is 3.85. The average Bonchev–Trinajstić information content (AvgIpc) is 2.41. The van der Waals surface area contributed by atoms with Crippen LogP contribution in [0.1, 0.15) is 6.92 Å². The predicted molar refractivity (Wildman–Crippen MR) is 86.1 cm³/mol. The SMILES string of the molecule is CC(COc1ccc(N)cc1N)Oc1ccc(N)cc1N. The van der Waals surface area contributed by atoms with Crippen molar-refractivity contribution in [2.75, 3.05) is 29.5 Å². The zero-order valence-corrected chi connectivity index (χ0v) is 11.9. The lowest BCUT2D eigenvalue weighted by Crippen LogP contribution is -2.22. The number of anilines is 4. The lowest BCUT2D eigenvalue weighted by molar-refractivity contribution is 0.144. The molecule has 0 bridgehead atoms. The second-order valence-corrected chi connectivity index (χ2v) is 4.83. The van der Waals surface area contributed by atoms with E-state index < -0.39 is 0 Å². The van der Waals surface area contributed by atoms with Crippen LogP contribution in [0.5, 0.6) is 11.5 Å². The van der Waals surface area contributed by atoms with E-state index in [1.807, 2.05) is 6.92 Å². The van der Waals surface area contributed by atoms with E-state index in [2.05, 4.69) is 0 Å². The normalized spacial score (nSPS) is 11.9. The number of ether oxygens (including phenoxy) is 2. The van der Waals surface area contributed by atoms with Gasteiger partial charge in [0.05, 0.1) is 11.4 Å². The third-order valence-corrected chi connectivity index (χ3v) is 2.87. The molecule has 0 aliphatic heterocycles. The molecule has 0 aliphatic rings. The lowest BCUT2D eigenvalue weighted by Gasteiger charge is -2.18. The summed E-state index contributed by atoms with van der Waals surface area (Å²) in [6.07, 6.45) is -0.201. The highest BCUT2D eigenvalue weighted by Gasteiger charge is 2.09. The first-order chi connectivity index (χ1) is 9.95. The molecule has 112 valence electrons. The summed E-state index contributed by atoms with van der Waals surface area (Å²) in [6.45, 7) is 2.21. The standard InChI is InChI=1S/C15H20N4O2/c1-9(21-15-5-3-11(17)7-13(15)19)8-20-14-4-2-10(16)6-12(14)18/h2-7,9H,8,16-19H2,1H3. The molecular formula is C15H20N4O2. The van der Waals surface area contributed by atoms with Crippen LogP contribution in [0.4, 0.5) is 22.7 Å². The van der Waals surface area contributed by atoms with Gasteiger partial charge in [-0.3, -0.25) is 0 Å². The second kappa shape index (κ2) is 6.13. The summed E-state index contributed by atoms with van der Waals surface area (Å²) in [5.41, 5.74) is 25.1. The van der Waals surface area contributed by atoms with Crippen molar-refractivity contribution in [3.63, 3.8) is 0 Å². The minimum absolute atomic E-state index is 0.201. The van der Waals surface area contributed by atoms with Crippen LogP contribution in [0.2, 0.25) is 0 Å². The van der Waals surface area contributed by atoms with Gasteiger partial charge in [-0.25, -0.2) is 0 Å². The Labute approximate surface area is 123 Å². The summed E-state index contributed by atoms with van der Waals surface area (Å²) in [5.74, 6) is 1.15. The van der Waals surface area contributed by atoms with E-state index in [1.165, 1.54) is 0 Å². The fourth-order valence-corrected chi connectivity index (χ4v) is 1.83. The van der Waals surface area contributed by atoms with Crippen molar-refractivity contribution in [3.05, 3.63) is 36.4 Å². The maximum atomic E-state index is 5.84. The Morgan fingerprint density at radius 3 is 1.90 bits per heavy atom. The Hall–Kier alpha value is -2.76. The van der Waals surface area contributed by atoms with Gasteiger partial charge in [0.15, 0.2) is 0 Å². The van der Waals surface area contributed by atoms with E-state index in [1.54, 1.807) is 36.4 Å². The Kier molecular flexibility index (Phi) is 4.27. The molecule has 0 spiro atoms.